The van der Waals surface area contributed by atoms with Gasteiger partial charge in [-0.1, -0.05) is 64.0 Å². The third-order valence-corrected chi connectivity index (χ3v) is 4.29. The highest BCUT2D eigenvalue weighted by Crippen LogP contribution is 2.10. The quantitative estimate of drug-likeness (QED) is 0.289. The van der Waals surface area contributed by atoms with Gasteiger partial charge < -0.3 is 15.5 Å². The first-order valence-electron chi connectivity index (χ1n) is 10.4. The van der Waals surface area contributed by atoms with E-state index in [1.54, 1.807) is 6.34 Å². The number of aliphatic hydroxyl groups is 1. The largest absolute Gasteiger partial charge is 0.481 e. The minimum Gasteiger partial charge on any atom is -0.481 e. The van der Waals surface area contributed by atoms with Gasteiger partial charge in [-0.2, -0.15) is 0 Å². The zero-order chi connectivity index (χ0) is 19.3. The molecule has 1 rings (SSSR count). The molecule has 1 unspecified atom stereocenters. The fourth-order valence-corrected chi connectivity index (χ4v) is 2.69. The van der Waals surface area contributed by atoms with Crippen molar-refractivity contribution >= 4 is 12.3 Å². The Kier molecular flexibility index (Phi) is 18.9. The maximum absolute atomic E-state index is 10.3. The molecule has 0 spiro atoms. The van der Waals surface area contributed by atoms with Crippen molar-refractivity contribution in [1.29, 1.82) is 0 Å². The van der Waals surface area contributed by atoms with E-state index in [0.29, 0.717) is 6.42 Å². The number of carboxylic acids is 1. The lowest BCUT2D eigenvalue weighted by molar-refractivity contribution is -0.137. The van der Waals surface area contributed by atoms with Crippen LogP contribution in [0.4, 0.5) is 0 Å². The lowest BCUT2D eigenvalue weighted by atomic mass is 10.1. The highest BCUT2D eigenvalue weighted by Gasteiger charge is 2.00. The SMILES string of the molecule is C1=NCCN1.CCCCCCC(O)C/C=C\CCCCCCCC(=O)O. The van der Waals surface area contributed by atoms with Gasteiger partial charge in [-0.05, 0) is 32.1 Å². The van der Waals surface area contributed by atoms with Gasteiger partial charge in [-0.3, -0.25) is 9.79 Å². The molecule has 0 saturated heterocycles. The molecule has 0 aromatic heterocycles. The summed E-state index contributed by atoms with van der Waals surface area (Å²) in [4.78, 5) is 14.2. The smallest absolute Gasteiger partial charge is 0.303 e. The van der Waals surface area contributed by atoms with Gasteiger partial charge in [0.05, 0.1) is 19.0 Å². The van der Waals surface area contributed by atoms with Crippen LogP contribution in [0.3, 0.4) is 0 Å². The predicted octanol–water partition coefficient (Wildman–Crippen LogP) is 4.70. The van der Waals surface area contributed by atoms with Gasteiger partial charge in [0, 0.05) is 13.0 Å². The molecule has 3 N–H and O–H groups in total. The number of nitrogens with one attached hydrogen (secondary N) is 1. The molecular weight excluding hydrogens is 328 g/mol. The Morgan fingerprint density at radius 1 is 1.12 bits per heavy atom. The summed E-state index contributed by atoms with van der Waals surface area (Å²) < 4.78 is 0. The molecule has 1 heterocycles. The molecule has 1 atom stereocenters. The normalized spacial score (nSPS) is 14.1. The minimum atomic E-state index is -0.689. The molecular formula is C21H40N2O3. The average molecular weight is 369 g/mol. The van der Waals surface area contributed by atoms with E-state index in [1.807, 2.05) is 0 Å². The summed E-state index contributed by atoms with van der Waals surface area (Å²) in [5, 5.41) is 21.2. The highest BCUT2D eigenvalue weighted by molar-refractivity contribution is 5.66. The van der Waals surface area contributed by atoms with E-state index in [1.165, 1.54) is 25.7 Å². The monoisotopic (exact) mass is 368 g/mol. The fraction of sp³-hybridized carbons (Fsp3) is 0.810. The Labute approximate surface area is 160 Å². The predicted molar refractivity (Wildman–Crippen MR) is 110 cm³/mol. The number of aliphatic carboxylic acids is 1. The number of hydrogen-bond donors (Lipinski definition) is 3. The minimum absolute atomic E-state index is 0.172. The lowest BCUT2D eigenvalue weighted by Gasteiger charge is -2.07. The molecule has 0 aromatic carbocycles. The van der Waals surface area contributed by atoms with Crippen molar-refractivity contribution in [2.45, 2.75) is 96.5 Å². The maximum Gasteiger partial charge on any atom is 0.303 e. The van der Waals surface area contributed by atoms with Crippen LogP contribution < -0.4 is 5.32 Å². The molecule has 152 valence electrons. The summed E-state index contributed by atoms with van der Waals surface area (Å²) in [5.74, 6) is -0.689. The van der Waals surface area contributed by atoms with Crippen LogP contribution in [0.2, 0.25) is 0 Å². The first-order chi connectivity index (χ1) is 12.7. The van der Waals surface area contributed by atoms with Gasteiger partial charge in [-0.25, -0.2) is 0 Å². The number of allylic oxidation sites excluding steroid dienone is 1. The van der Waals surface area contributed by atoms with Crippen molar-refractivity contribution in [1.82, 2.24) is 5.32 Å². The summed E-state index contributed by atoms with van der Waals surface area (Å²) in [6.45, 7) is 4.19. The van der Waals surface area contributed by atoms with E-state index >= 15 is 0 Å². The zero-order valence-corrected chi connectivity index (χ0v) is 16.7. The molecule has 26 heavy (non-hydrogen) atoms. The first-order valence-corrected chi connectivity index (χ1v) is 10.4. The fourth-order valence-electron chi connectivity index (χ4n) is 2.69. The van der Waals surface area contributed by atoms with Crippen LogP contribution >= 0.6 is 0 Å². The maximum atomic E-state index is 10.3. The van der Waals surface area contributed by atoms with Gasteiger partial charge in [0.25, 0.3) is 0 Å². The van der Waals surface area contributed by atoms with Crippen LogP contribution in [0, 0.1) is 0 Å². The van der Waals surface area contributed by atoms with Crippen molar-refractivity contribution in [3.8, 4) is 0 Å². The van der Waals surface area contributed by atoms with Crippen LogP contribution in [0.5, 0.6) is 0 Å². The number of carbonyl (C=O) groups is 1. The average Bonchev–Trinajstić information content (AvgIpc) is 3.20. The van der Waals surface area contributed by atoms with Gasteiger partial charge in [0.1, 0.15) is 0 Å². The van der Waals surface area contributed by atoms with Crippen LogP contribution in [-0.2, 0) is 4.79 Å². The first kappa shape index (κ1) is 24.6. The Morgan fingerprint density at radius 3 is 2.46 bits per heavy atom. The van der Waals surface area contributed by atoms with E-state index in [0.717, 1.165) is 64.5 Å². The van der Waals surface area contributed by atoms with Crippen LogP contribution in [0.1, 0.15) is 90.4 Å². The van der Waals surface area contributed by atoms with Gasteiger partial charge in [0.15, 0.2) is 0 Å². The Bertz CT molecular complexity index is 364. The van der Waals surface area contributed by atoms with E-state index in [9.17, 15) is 9.90 Å². The molecule has 5 nitrogen and oxygen atoms in total. The Hall–Kier alpha value is -1.36. The number of aliphatic hydroxyl groups excluding tert-OH is 1. The molecule has 0 aromatic rings. The van der Waals surface area contributed by atoms with Crippen LogP contribution in [-0.4, -0.2) is 41.7 Å². The van der Waals surface area contributed by atoms with E-state index < -0.39 is 5.97 Å². The number of rotatable bonds is 15. The summed E-state index contributed by atoms with van der Waals surface area (Å²) >= 11 is 0. The van der Waals surface area contributed by atoms with Crippen molar-refractivity contribution < 1.29 is 15.0 Å². The molecule has 0 saturated carbocycles. The summed E-state index contributed by atoms with van der Waals surface area (Å²) in [7, 11) is 0. The summed E-state index contributed by atoms with van der Waals surface area (Å²) in [6, 6.07) is 0. The number of carboxylic acid groups (broad SMARTS) is 1. The van der Waals surface area contributed by atoms with Crippen LogP contribution in [0.15, 0.2) is 17.1 Å². The standard InChI is InChI=1S/C18H34O3.C3H6N2/c1-2-3-4-11-14-17(19)15-12-9-7-5-6-8-10-13-16-18(20)21;1-2-5-3-4-1/h9,12,17,19H,2-8,10-11,13-16H2,1H3,(H,20,21);3H,1-2H2,(H,4,5)/b12-9-;. The molecule has 0 amide bonds. The number of unbranched alkanes of at least 4 members (excludes halogenated alkanes) is 8. The number of aliphatic imine (C=N–C) groups is 1. The Morgan fingerprint density at radius 2 is 1.85 bits per heavy atom. The van der Waals surface area contributed by atoms with Crippen molar-refractivity contribution in [3.63, 3.8) is 0 Å². The number of hydrogen-bond acceptors (Lipinski definition) is 4. The second kappa shape index (κ2) is 20.0. The van der Waals surface area contributed by atoms with Crippen LogP contribution in [0.25, 0.3) is 0 Å². The van der Waals surface area contributed by atoms with Gasteiger partial charge >= 0.3 is 5.97 Å². The Balaban J connectivity index is 0.00000106. The third kappa shape index (κ3) is 20.7. The zero-order valence-electron chi connectivity index (χ0n) is 16.7. The molecule has 0 radical (unpaired) electrons. The van der Waals surface area contributed by atoms with E-state index in [4.69, 9.17) is 5.11 Å². The molecule has 0 bridgehead atoms. The van der Waals surface area contributed by atoms with Crippen molar-refractivity contribution in [2.75, 3.05) is 13.1 Å². The van der Waals surface area contributed by atoms with E-state index in [-0.39, 0.29) is 6.10 Å². The molecule has 5 heteroatoms. The lowest BCUT2D eigenvalue weighted by Crippen LogP contribution is -2.04. The van der Waals surface area contributed by atoms with Crippen molar-refractivity contribution in [2.24, 2.45) is 4.99 Å². The van der Waals surface area contributed by atoms with E-state index in [2.05, 4.69) is 29.4 Å². The third-order valence-electron chi connectivity index (χ3n) is 4.29. The highest BCUT2D eigenvalue weighted by atomic mass is 16.4. The van der Waals surface area contributed by atoms with Gasteiger partial charge in [-0.15, -0.1) is 0 Å². The molecule has 0 fully saturated rings. The van der Waals surface area contributed by atoms with Gasteiger partial charge in [0.2, 0.25) is 0 Å². The second-order valence-corrected chi connectivity index (χ2v) is 6.90. The molecule has 1 aliphatic heterocycles. The molecule has 1 aliphatic rings. The summed E-state index contributed by atoms with van der Waals surface area (Å²) in [5.41, 5.74) is 0. The summed E-state index contributed by atoms with van der Waals surface area (Å²) in [6.07, 6.45) is 19.1. The van der Waals surface area contributed by atoms with Crippen molar-refractivity contribution in [3.05, 3.63) is 12.2 Å². The number of nitrogens with zero attached hydrogens (tertiary/aromatic N) is 1. The topological polar surface area (TPSA) is 81.9 Å². The second-order valence-electron chi connectivity index (χ2n) is 6.90. The molecule has 0 aliphatic carbocycles.